The minimum absolute atomic E-state index is 0.00323. The second-order valence-electron chi connectivity index (χ2n) is 10.3. The highest BCUT2D eigenvalue weighted by molar-refractivity contribution is 7.17. The van der Waals surface area contributed by atoms with Crippen LogP contribution in [0.5, 0.6) is 0 Å². The van der Waals surface area contributed by atoms with Crippen LogP contribution in [0.25, 0.3) is 5.76 Å². The Morgan fingerprint density at radius 3 is 2.44 bits per heavy atom. The van der Waals surface area contributed by atoms with Crippen LogP contribution in [0.15, 0.2) is 60.7 Å². The van der Waals surface area contributed by atoms with E-state index >= 15 is 0 Å². The quantitative estimate of drug-likeness (QED) is 0.130. The molecule has 0 saturated carbocycles. The Morgan fingerprint density at radius 2 is 1.85 bits per heavy atom. The van der Waals surface area contributed by atoms with Crippen molar-refractivity contribution >= 4 is 39.9 Å². The van der Waals surface area contributed by atoms with Gasteiger partial charge in [-0.2, -0.15) is 0 Å². The number of Topliss-reactive ketones (excluding diaryl/α,β-unsaturated/α-hetero) is 1. The first-order chi connectivity index (χ1) is 18.3. The second-order valence-corrected chi connectivity index (χ2v) is 11.3. The largest absolute Gasteiger partial charge is 0.507 e. The Labute approximate surface area is 230 Å². The summed E-state index contributed by atoms with van der Waals surface area (Å²) in [5, 5.41) is 11.4. The highest BCUT2D eigenvalue weighted by atomic mass is 32.1. The molecule has 1 aromatic heterocycles. The number of aliphatic hydroxyl groups excluding tert-OH is 1. The Hall–Kier alpha value is -4.11. The number of benzene rings is 2. The number of aliphatic hydroxyl groups is 1. The van der Waals surface area contributed by atoms with Gasteiger partial charge in [0.15, 0.2) is 5.13 Å². The van der Waals surface area contributed by atoms with Crippen LogP contribution in [0.3, 0.4) is 0 Å². The van der Waals surface area contributed by atoms with Gasteiger partial charge in [0.2, 0.25) is 0 Å². The number of hydrogen-bond donors (Lipinski definition) is 1. The number of esters is 1. The van der Waals surface area contributed by atoms with Crippen molar-refractivity contribution in [3.05, 3.63) is 99.3 Å². The molecule has 2 aromatic carbocycles. The zero-order chi connectivity index (χ0) is 28.6. The fourth-order valence-corrected chi connectivity index (χ4v) is 5.27. The summed E-state index contributed by atoms with van der Waals surface area (Å²) in [6, 6.07) is 10.4. The van der Waals surface area contributed by atoms with Crippen molar-refractivity contribution in [2.45, 2.75) is 46.1 Å². The zero-order valence-corrected chi connectivity index (χ0v) is 23.2. The molecule has 0 bridgehead atoms. The number of thiazole rings is 1. The number of carbonyl (C=O) groups is 3. The number of aromatic nitrogens is 1. The van der Waals surface area contributed by atoms with E-state index in [2.05, 4.69) is 32.3 Å². The van der Waals surface area contributed by atoms with Crippen LogP contribution in [0, 0.1) is 19.7 Å². The molecule has 1 atom stereocenters. The molecule has 1 aliphatic rings. The Kier molecular flexibility index (Phi) is 7.57. The van der Waals surface area contributed by atoms with Crippen LogP contribution in [0.1, 0.15) is 64.4 Å². The van der Waals surface area contributed by atoms with Crippen LogP contribution >= 0.6 is 11.3 Å². The van der Waals surface area contributed by atoms with Crippen molar-refractivity contribution in [1.82, 2.24) is 4.98 Å². The van der Waals surface area contributed by atoms with E-state index in [0.29, 0.717) is 16.8 Å². The van der Waals surface area contributed by atoms with E-state index in [1.807, 2.05) is 12.1 Å². The summed E-state index contributed by atoms with van der Waals surface area (Å²) >= 11 is 0.910. The maximum atomic E-state index is 14.4. The third kappa shape index (κ3) is 5.27. The van der Waals surface area contributed by atoms with Crippen molar-refractivity contribution in [3.8, 4) is 0 Å². The number of aryl methyl sites for hydroxylation is 2. The van der Waals surface area contributed by atoms with Crippen molar-refractivity contribution in [1.29, 1.82) is 0 Å². The number of amides is 1. The van der Waals surface area contributed by atoms with Crippen LogP contribution in [0.2, 0.25) is 0 Å². The van der Waals surface area contributed by atoms with E-state index in [9.17, 15) is 23.9 Å². The van der Waals surface area contributed by atoms with E-state index in [4.69, 9.17) is 4.74 Å². The second kappa shape index (κ2) is 10.6. The fraction of sp³-hybridized carbons (Fsp3) is 0.267. The first kappa shape index (κ1) is 27.9. The number of halogens is 1. The highest BCUT2D eigenvalue weighted by Crippen LogP contribution is 2.44. The summed E-state index contributed by atoms with van der Waals surface area (Å²) in [5.41, 5.74) is 1.99. The predicted molar refractivity (Wildman–Crippen MR) is 148 cm³/mol. The summed E-state index contributed by atoms with van der Waals surface area (Å²) in [6.45, 7) is 12.9. The van der Waals surface area contributed by atoms with E-state index < -0.39 is 35.3 Å². The van der Waals surface area contributed by atoms with Gasteiger partial charge in [0.05, 0.1) is 17.3 Å². The molecule has 2 heterocycles. The van der Waals surface area contributed by atoms with Gasteiger partial charge in [0.25, 0.3) is 5.78 Å². The molecule has 0 radical (unpaired) electrons. The average Bonchev–Trinajstić information content (AvgIpc) is 3.40. The Balaban J connectivity index is 1.90. The molecule has 1 aliphatic heterocycles. The maximum absolute atomic E-state index is 14.4. The molecule has 39 heavy (non-hydrogen) atoms. The number of ketones is 1. The first-order valence-corrected chi connectivity index (χ1v) is 13.1. The van der Waals surface area contributed by atoms with Crippen LogP contribution in [-0.4, -0.2) is 34.4 Å². The van der Waals surface area contributed by atoms with Crippen molar-refractivity contribution < 1.29 is 28.6 Å². The molecule has 1 amide bonds. The summed E-state index contributed by atoms with van der Waals surface area (Å²) < 4.78 is 19.5. The molecule has 0 aliphatic carbocycles. The fourth-order valence-electron chi connectivity index (χ4n) is 4.28. The van der Waals surface area contributed by atoms with Gasteiger partial charge in [0, 0.05) is 5.56 Å². The van der Waals surface area contributed by atoms with Gasteiger partial charge in [0.1, 0.15) is 23.1 Å². The number of nitrogens with zero attached hydrogens (tertiary/aromatic N) is 2. The van der Waals surface area contributed by atoms with Gasteiger partial charge in [-0.25, -0.2) is 14.2 Å². The van der Waals surface area contributed by atoms with Gasteiger partial charge in [-0.15, -0.1) is 0 Å². The van der Waals surface area contributed by atoms with E-state index in [1.165, 1.54) is 23.1 Å². The standard InChI is InChI=1S/C30H29FN2O5S/c1-7-14-38-28(37)26-17(3)32-29(39-26)33-23(18-10-12-20(13-11-18)30(4,5)6)22(25(35)27(33)36)24(34)19-9-8-16(2)21(31)15-19/h7-13,15,23,34H,1,14H2,2-6H3/t23-/m0/s1. The number of anilines is 1. The van der Waals surface area contributed by atoms with Crippen molar-refractivity contribution in [2.75, 3.05) is 11.5 Å². The van der Waals surface area contributed by atoms with Gasteiger partial charge >= 0.3 is 11.9 Å². The molecule has 7 nitrogen and oxygen atoms in total. The van der Waals surface area contributed by atoms with Gasteiger partial charge in [-0.05, 0) is 42.0 Å². The SMILES string of the molecule is C=CCOC(=O)c1sc(N2C(=O)C(=O)C(=C(O)c3ccc(C)c(F)c3)[C@@H]2c2ccc(C(C)(C)C)cc2)nc1C. The van der Waals surface area contributed by atoms with E-state index in [1.54, 1.807) is 26.0 Å². The highest BCUT2D eigenvalue weighted by Gasteiger charge is 2.48. The lowest BCUT2D eigenvalue weighted by Crippen LogP contribution is -2.29. The topological polar surface area (TPSA) is 96.8 Å². The van der Waals surface area contributed by atoms with Crippen LogP contribution in [0.4, 0.5) is 9.52 Å². The van der Waals surface area contributed by atoms with E-state index in [0.717, 1.165) is 23.0 Å². The molecule has 1 saturated heterocycles. The molecule has 9 heteroatoms. The van der Waals surface area contributed by atoms with Crippen molar-refractivity contribution in [3.63, 3.8) is 0 Å². The third-order valence-electron chi connectivity index (χ3n) is 6.49. The van der Waals surface area contributed by atoms with E-state index in [-0.39, 0.29) is 33.2 Å². The van der Waals surface area contributed by atoms with Gasteiger partial charge in [-0.3, -0.25) is 14.5 Å². The molecule has 1 N–H and O–H groups in total. The zero-order valence-electron chi connectivity index (χ0n) is 22.4. The maximum Gasteiger partial charge on any atom is 0.350 e. The molecule has 1 fully saturated rings. The normalized spacial score (nSPS) is 17.0. The molecule has 0 spiro atoms. The number of hydrogen-bond acceptors (Lipinski definition) is 7. The summed E-state index contributed by atoms with van der Waals surface area (Å²) in [4.78, 5) is 45.1. The Bertz CT molecular complexity index is 1520. The molecule has 4 rings (SSSR count). The van der Waals surface area contributed by atoms with Gasteiger partial charge < -0.3 is 9.84 Å². The number of rotatable bonds is 6. The average molecular weight is 549 g/mol. The third-order valence-corrected chi connectivity index (χ3v) is 7.63. The van der Waals surface area contributed by atoms with Crippen LogP contribution in [-0.2, 0) is 19.7 Å². The molecular weight excluding hydrogens is 519 g/mol. The lowest BCUT2D eigenvalue weighted by atomic mass is 9.85. The molecular formula is C30H29FN2O5S. The van der Waals surface area contributed by atoms with Crippen molar-refractivity contribution in [2.24, 2.45) is 0 Å². The molecule has 3 aromatic rings. The summed E-state index contributed by atoms with van der Waals surface area (Å²) in [6.07, 6.45) is 1.43. The summed E-state index contributed by atoms with van der Waals surface area (Å²) in [5.74, 6) is -3.55. The first-order valence-electron chi connectivity index (χ1n) is 12.3. The number of carbonyl (C=O) groups excluding carboxylic acids is 3. The summed E-state index contributed by atoms with van der Waals surface area (Å²) in [7, 11) is 0. The number of ether oxygens (including phenoxy) is 1. The Morgan fingerprint density at radius 1 is 1.18 bits per heavy atom. The van der Waals surface area contributed by atoms with Gasteiger partial charge in [-0.1, -0.05) is 81.2 Å². The minimum atomic E-state index is -1.06. The minimum Gasteiger partial charge on any atom is -0.507 e. The van der Waals surface area contributed by atoms with Crippen LogP contribution < -0.4 is 4.90 Å². The molecule has 0 unspecified atom stereocenters. The smallest absolute Gasteiger partial charge is 0.350 e. The lowest BCUT2D eigenvalue weighted by Gasteiger charge is -2.24. The lowest BCUT2D eigenvalue weighted by molar-refractivity contribution is -0.132. The monoisotopic (exact) mass is 548 g/mol. The predicted octanol–water partition coefficient (Wildman–Crippen LogP) is 6.17. The molecule has 202 valence electrons.